The van der Waals surface area contributed by atoms with E-state index < -0.39 is 27.1 Å². The number of anilines is 1. The number of alkyl halides is 1. The molecule has 1 fully saturated rings. The molecule has 10 heteroatoms. The van der Waals surface area contributed by atoms with Crippen molar-refractivity contribution in [3.8, 4) is 0 Å². The van der Waals surface area contributed by atoms with E-state index in [4.69, 9.17) is 10.1 Å². The van der Waals surface area contributed by atoms with Crippen molar-refractivity contribution in [1.82, 2.24) is 10.0 Å². The number of carbonyl (C=O) groups excluding carboxylic acids is 1. The molecule has 3 aliphatic rings. The summed E-state index contributed by atoms with van der Waals surface area (Å²) in [5, 5.41) is 12.7. The van der Waals surface area contributed by atoms with E-state index in [0.29, 0.717) is 6.21 Å². The molecule has 0 aromatic heterocycles. The monoisotopic (exact) mass is 422 g/mol. The van der Waals surface area contributed by atoms with Gasteiger partial charge >= 0.3 is 6.03 Å². The van der Waals surface area contributed by atoms with E-state index in [1.54, 1.807) is 0 Å². The van der Waals surface area contributed by atoms with Gasteiger partial charge in [0.15, 0.2) is 11.1 Å². The SMILES string of the molecule is N=C/C(=C1\NCC(F)CO1)S(=O)(=O)NC(=O)Nc1c2c(cc3c1CCC3)CCC2. The predicted octanol–water partition coefficient (Wildman–Crippen LogP) is 1.89. The van der Waals surface area contributed by atoms with E-state index in [1.807, 2.05) is 4.72 Å². The molecule has 0 saturated carbocycles. The highest BCUT2D eigenvalue weighted by molar-refractivity contribution is 7.94. The summed E-state index contributed by atoms with van der Waals surface area (Å²) in [6, 6.07) is 1.32. The molecule has 156 valence electrons. The summed E-state index contributed by atoms with van der Waals surface area (Å²) >= 11 is 0. The summed E-state index contributed by atoms with van der Waals surface area (Å²) in [5.41, 5.74) is 5.31. The fourth-order valence-electron chi connectivity index (χ4n) is 4.19. The van der Waals surface area contributed by atoms with Gasteiger partial charge in [-0.2, -0.15) is 0 Å². The Balaban J connectivity index is 1.56. The molecule has 2 amide bonds. The third kappa shape index (κ3) is 3.81. The summed E-state index contributed by atoms with van der Waals surface area (Å²) in [4.78, 5) is 12.0. The molecule has 0 bridgehead atoms. The van der Waals surface area contributed by atoms with Crippen molar-refractivity contribution < 1.29 is 22.3 Å². The first-order valence-electron chi connectivity index (χ1n) is 9.65. The molecule has 1 aromatic carbocycles. The number of nitrogens with one attached hydrogen (secondary N) is 4. The van der Waals surface area contributed by atoms with Crippen molar-refractivity contribution in [3.05, 3.63) is 39.1 Å². The van der Waals surface area contributed by atoms with Crippen LogP contribution in [0, 0.1) is 5.41 Å². The number of hydrogen-bond donors (Lipinski definition) is 4. The van der Waals surface area contributed by atoms with Crippen LogP contribution in [0.2, 0.25) is 0 Å². The molecular weight excluding hydrogens is 399 g/mol. The first-order valence-corrected chi connectivity index (χ1v) is 11.1. The Morgan fingerprint density at radius 2 is 1.86 bits per heavy atom. The Morgan fingerprint density at radius 3 is 2.41 bits per heavy atom. The van der Waals surface area contributed by atoms with Crippen LogP contribution in [0.3, 0.4) is 0 Å². The highest BCUT2D eigenvalue weighted by Gasteiger charge is 2.29. The smallest absolute Gasteiger partial charge is 0.333 e. The van der Waals surface area contributed by atoms with Gasteiger partial charge in [0.1, 0.15) is 6.61 Å². The number of urea groups is 1. The Kier molecular flexibility index (Phi) is 5.20. The van der Waals surface area contributed by atoms with Crippen LogP contribution in [0.1, 0.15) is 35.1 Å². The van der Waals surface area contributed by atoms with Gasteiger partial charge in [-0.05, 0) is 60.8 Å². The molecule has 0 spiro atoms. The molecule has 1 heterocycles. The van der Waals surface area contributed by atoms with Crippen molar-refractivity contribution >= 4 is 28.0 Å². The maximum atomic E-state index is 13.2. The minimum absolute atomic E-state index is 0.128. The fourth-order valence-corrected chi connectivity index (χ4v) is 5.13. The van der Waals surface area contributed by atoms with Crippen LogP contribution in [0.4, 0.5) is 14.9 Å². The maximum absolute atomic E-state index is 13.2. The lowest BCUT2D eigenvalue weighted by atomic mass is 9.99. The normalized spacial score (nSPS) is 22.0. The van der Waals surface area contributed by atoms with Crippen LogP contribution < -0.4 is 15.4 Å². The van der Waals surface area contributed by atoms with Crippen LogP contribution in [-0.4, -0.2) is 40.0 Å². The number of carbonyl (C=O) groups is 1. The van der Waals surface area contributed by atoms with Gasteiger partial charge in [-0.15, -0.1) is 0 Å². The van der Waals surface area contributed by atoms with Gasteiger partial charge < -0.3 is 20.8 Å². The molecule has 4 N–H and O–H groups in total. The molecule has 1 aromatic rings. The topological polar surface area (TPSA) is 120 Å². The lowest BCUT2D eigenvalue weighted by Gasteiger charge is -2.23. The molecule has 2 aliphatic carbocycles. The number of sulfonamides is 1. The number of ether oxygens (including phenoxy) is 1. The van der Waals surface area contributed by atoms with Gasteiger partial charge in [-0.3, -0.25) is 0 Å². The number of fused-ring (bicyclic) bond motifs is 2. The fraction of sp³-hybridized carbons (Fsp3) is 0.474. The van der Waals surface area contributed by atoms with Crippen molar-refractivity contribution in [2.24, 2.45) is 0 Å². The van der Waals surface area contributed by atoms with E-state index in [2.05, 4.69) is 16.7 Å². The number of aryl methyl sites for hydroxylation is 2. The molecule has 0 radical (unpaired) electrons. The standard InChI is InChI=1S/C19H23FN4O4S/c20-13-9-22-18(28-10-13)16(8-21)29(26,27)24-19(25)23-17-14-5-1-3-11(14)7-12-4-2-6-15(12)17/h7-8,13,21-22H,1-6,9-10H2,(H2,23,24,25)/b18-16-,21-8?. The summed E-state index contributed by atoms with van der Waals surface area (Å²) in [6.07, 6.45) is 4.93. The molecule has 1 aliphatic heterocycles. The van der Waals surface area contributed by atoms with Crippen LogP contribution in [0.25, 0.3) is 0 Å². The minimum atomic E-state index is -4.37. The summed E-state index contributed by atoms with van der Waals surface area (Å²) in [7, 11) is -4.37. The van der Waals surface area contributed by atoms with Crippen molar-refractivity contribution in [2.75, 3.05) is 18.5 Å². The third-order valence-electron chi connectivity index (χ3n) is 5.48. The number of hydrogen-bond acceptors (Lipinski definition) is 6. The Morgan fingerprint density at radius 1 is 1.21 bits per heavy atom. The van der Waals surface area contributed by atoms with Gasteiger partial charge in [0.25, 0.3) is 10.0 Å². The van der Waals surface area contributed by atoms with E-state index in [0.717, 1.165) is 55.3 Å². The van der Waals surface area contributed by atoms with Gasteiger partial charge in [-0.25, -0.2) is 22.3 Å². The zero-order valence-corrected chi connectivity index (χ0v) is 16.6. The van der Waals surface area contributed by atoms with E-state index in [-0.39, 0.29) is 19.0 Å². The first kappa shape index (κ1) is 19.7. The Bertz CT molecular complexity index is 964. The Hall–Kier alpha value is -2.62. The molecular formula is C19H23FN4O4S. The number of rotatable bonds is 4. The molecule has 29 heavy (non-hydrogen) atoms. The lowest BCUT2D eigenvalue weighted by Crippen LogP contribution is -2.40. The largest absolute Gasteiger partial charge is 0.475 e. The van der Waals surface area contributed by atoms with Gasteiger partial charge in [0, 0.05) is 11.9 Å². The predicted molar refractivity (Wildman–Crippen MR) is 106 cm³/mol. The highest BCUT2D eigenvalue weighted by atomic mass is 32.2. The zero-order valence-electron chi connectivity index (χ0n) is 15.8. The van der Waals surface area contributed by atoms with E-state index in [1.165, 1.54) is 11.1 Å². The molecule has 1 saturated heterocycles. The minimum Gasteiger partial charge on any atom is -0.475 e. The maximum Gasteiger partial charge on any atom is 0.333 e. The van der Waals surface area contributed by atoms with Gasteiger partial charge in [0.2, 0.25) is 5.88 Å². The molecule has 8 nitrogen and oxygen atoms in total. The van der Waals surface area contributed by atoms with Crippen molar-refractivity contribution in [2.45, 2.75) is 44.7 Å². The second-order valence-electron chi connectivity index (χ2n) is 7.42. The van der Waals surface area contributed by atoms with E-state index in [9.17, 15) is 17.6 Å². The van der Waals surface area contributed by atoms with Crippen molar-refractivity contribution in [3.63, 3.8) is 0 Å². The number of allylic oxidation sites excluding steroid dienone is 1. The average molecular weight is 422 g/mol. The number of benzene rings is 1. The van der Waals surface area contributed by atoms with Crippen LogP contribution in [0.5, 0.6) is 0 Å². The summed E-state index contributed by atoms with van der Waals surface area (Å²) < 4.78 is 45.4. The first-order chi connectivity index (χ1) is 13.9. The zero-order chi connectivity index (χ0) is 20.6. The van der Waals surface area contributed by atoms with Crippen LogP contribution >= 0.6 is 0 Å². The second kappa shape index (κ2) is 7.66. The summed E-state index contributed by atoms with van der Waals surface area (Å²) in [6.45, 7) is -0.444. The molecule has 1 unspecified atom stereocenters. The second-order valence-corrected chi connectivity index (χ2v) is 9.07. The van der Waals surface area contributed by atoms with Crippen LogP contribution in [0.15, 0.2) is 16.9 Å². The van der Waals surface area contributed by atoms with Crippen molar-refractivity contribution in [1.29, 1.82) is 5.41 Å². The van der Waals surface area contributed by atoms with Gasteiger partial charge in [-0.1, -0.05) is 6.07 Å². The summed E-state index contributed by atoms with van der Waals surface area (Å²) in [5.74, 6) is -0.240. The Labute approximate surface area is 168 Å². The molecule has 4 rings (SSSR count). The lowest BCUT2D eigenvalue weighted by molar-refractivity contribution is 0.0847. The quantitative estimate of drug-likeness (QED) is 0.553. The van der Waals surface area contributed by atoms with E-state index >= 15 is 0 Å². The average Bonchev–Trinajstić information content (AvgIpc) is 3.32. The van der Waals surface area contributed by atoms with Crippen LogP contribution in [-0.2, 0) is 40.4 Å². The van der Waals surface area contributed by atoms with Gasteiger partial charge in [0.05, 0.1) is 6.54 Å². The highest BCUT2D eigenvalue weighted by Crippen LogP contribution is 2.38. The number of halogens is 1. The number of amides is 2. The molecule has 1 atom stereocenters. The third-order valence-corrected chi connectivity index (χ3v) is 6.81.